The normalized spacial score (nSPS) is 12.5. The smallest absolute Gasteiger partial charge is 0.129 e. The Balaban J connectivity index is 2.34. The Morgan fingerprint density at radius 1 is 0.947 bits per heavy atom. The Morgan fingerprint density at radius 3 is 1.95 bits per heavy atom. The van der Waals surface area contributed by atoms with Gasteiger partial charge in [-0.05, 0) is 49.1 Å². The first-order valence-electron chi connectivity index (χ1n) is 6.25. The minimum absolute atomic E-state index is 0.0534. The Morgan fingerprint density at radius 2 is 1.42 bits per heavy atom. The molecule has 3 heteroatoms. The predicted molar refractivity (Wildman–Crippen MR) is 72.9 cm³/mol. The number of hydrogen-bond donors (Lipinski definition) is 1. The molecule has 0 amide bonds. The van der Waals surface area contributed by atoms with E-state index in [1.165, 1.54) is 18.2 Å². The molecule has 100 valence electrons. The summed E-state index contributed by atoms with van der Waals surface area (Å²) in [5.74, 6) is -1.08. The van der Waals surface area contributed by atoms with Crippen molar-refractivity contribution in [3.63, 3.8) is 0 Å². The molecule has 1 atom stereocenters. The highest BCUT2D eigenvalue weighted by Crippen LogP contribution is 2.25. The molecule has 19 heavy (non-hydrogen) atoms. The molecule has 2 N–H and O–H groups in total. The summed E-state index contributed by atoms with van der Waals surface area (Å²) in [6, 6.07) is 9.34. The zero-order valence-electron chi connectivity index (χ0n) is 11.1. The van der Waals surface area contributed by atoms with E-state index in [0.717, 1.165) is 16.7 Å². The molecule has 1 unspecified atom stereocenters. The summed E-state index contributed by atoms with van der Waals surface area (Å²) >= 11 is 0. The molecule has 0 saturated heterocycles. The summed E-state index contributed by atoms with van der Waals surface area (Å²) in [6.45, 7) is 3.92. The van der Waals surface area contributed by atoms with Gasteiger partial charge in [0.15, 0.2) is 0 Å². The van der Waals surface area contributed by atoms with Crippen LogP contribution >= 0.6 is 0 Å². The van der Waals surface area contributed by atoms with Gasteiger partial charge < -0.3 is 5.73 Å². The molecule has 1 nitrogen and oxygen atoms in total. The molecule has 0 saturated carbocycles. The lowest BCUT2D eigenvalue weighted by Gasteiger charge is -2.18. The van der Waals surface area contributed by atoms with Crippen LogP contribution in [0.4, 0.5) is 8.78 Å². The van der Waals surface area contributed by atoms with Crippen LogP contribution in [0.2, 0.25) is 0 Å². The summed E-state index contributed by atoms with van der Waals surface area (Å²) in [6.07, 6.45) is 0.157. The molecule has 0 aliphatic rings. The molecular weight excluding hydrogens is 244 g/mol. The molecule has 0 aliphatic carbocycles. The second-order valence-corrected chi connectivity index (χ2v) is 4.82. The molecule has 2 aromatic rings. The predicted octanol–water partition coefficient (Wildman–Crippen LogP) is 3.82. The zero-order valence-corrected chi connectivity index (χ0v) is 11.1. The van der Waals surface area contributed by atoms with Crippen LogP contribution in [0.15, 0.2) is 36.4 Å². The lowest BCUT2D eigenvalue weighted by Crippen LogP contribution is -2.17. The lowest BCUT2D eigenvalue weighted by atomic mass is 9.92. The largest absolute Gasteiger partial charge is 0.324 e. The van der Waals surface area contributed by atoms with Crippen molar-refractivity contribution in [2.45, 2.75) is 26.3 Å². The highest BCUT2D eigenvalue weighted by atomic mass is 19.1. The SMILES string of the molecule is Cc1cccc(C)c1C(N)Cc1c(F)cccc1F. The van der Waals surface area contributed by atoms with Gasteiger partial charge in [0.05, 0.1) is 0 Å². The van der Waals surface area contributed by atoms with Crippen molar-refractivity contribution in [1.82, 2.24) is 0 Å². The molecular formula is C16H17F2N. The Bertz CT molecular complexity index is 553. The second kappa shape index (κ2) is 5.49. The summed E-state index contributed by atoms with van der Waals surface area (Å²) < 4.78 is 27.3. The monoisotopic (exact) mass is 261 g/mol. The zero-order chi connectivity index (χ0) is 14.0. The number of benzene rings is 2. The average molecular weight is 261 g/mol. The molecule has 0 heterocycles. The minimum atomic E-state index is -0.540. The lowest BCUT2D eigenvalue weighted by molar-refractivity contribution is 0.539. The summed E-state index contributed by atoms with van der Waals surface area (Å²) in [5, 5.41) is 0. The maximum Gasteiger partial charge on any atom is 0.129 e. The highest BCUT2D eigenvalue weighted by Gasteiger charge is 2.17. The van der Waals surface area contributed by atoms with Gasteiger partial charge in [-0.2, -0.15) is 0 Å². The minimum Gasteiger partial charge on any atom is -0.324 e. The van der Waals surface area contributed by atoms with E-state index in [-0.39, 0.29) is 12.0 Å². The molecule has 2 rings (SSSR count). The molecule has 0 radical (unpaired) electrons. The van der Waals surface area contributed by atoms with Crippen LogP contribution < -0.4 is 5.73 Å². The first kappa shape index (κ1) is 13.7. The van der Waals surface area contributed by atoms with Crippen molar-refractivity contribution >= 4 is 0 Å². The summed E-state index contributed by atoms with van der Waals surface area (Å²) in [5.41, 5.74) is 9.24. The molecule has 0 spiro atoms. The van der Waals surface area contributed by atoms with Gasteiger partial charge in [0.1, 0.15) is 11.6 Å². The molecule has 0 aromatic heterocycles. The van der Waals surface area contributed by atoms with E-state index < -0.39 is 17.7 Å². The first-order chi connectivity index (χ1) is 9.00. The second-order valence-electron chi connectivity index (χ2n) is 4.82. The number of aryl methyl sites for hydroxylation is 2. The Hall–Kier alpha value is -1.74. The number of halogens is 2. The number of hydrogen-bond acceptors (Lipinski definition) is 1. The third-order valence-corrected chi connectivity index (χ3v) is 3.40. The van der Waals surface area contributed by atoms with Crippen LogP contribution in [0.3, 0.4) is 0 Å². The van der Waals surface area contributed by atoms with Crippen molar-refractivity contribution in [3.8, 4) is 0 Å². The fraction of sp³-hybridized carbons (Fsp3) is 0.250. The van der Waals surface area contributed by atoms with Crippen molar-refractivity contribution in [1.29, 1.82) is 0 Å². The van der Waals surface area contributed by atoms with Crippen LogP contribution in [0.5, 0.6) is 0 Å². The number of rotatable bonds is 3. The van der Waals surface area contributed by atoms with E-state index in [4.69, 9.17) is 5.73 Å². The van der Waals surface area contributed by atoms with E-state index in [1.54, 1.807) is 0 Å². The Kier molecular flexibility index (Phi) is 3.96. The van der Waals surface area contributed by atoms with E-state index in [2.05, 4.69) is 0 Å². The van der Waals surface area contributed by atoms with Gasteiger partial charge in [-0.15, -0.1) is 0 Å². The van der Waals surface area contributed by atoms with Crippen LogP contribution in [-0.4, -0.2) is 0 Å². The van der Waals surface area contributed by atoms with E-state index in [1.807, 2.05) is 32.0 Å². The van der Waals surface area contributed by atoms with Crippen molar-refractivity contribution in [2.75, 3.05) is 0 Å². The standard InChI is InChI=1S/C16H17F2N/c1-10-5-3-6-11(2)16(10)15(19)9-12-13(17)7-4-8-14(12)18/h3-8,15H,9,19H2,1-2H3. The average Bonchev–Trinajstić information content (AvgIpc) is 2.34. The van der Waals surface area contributed by atoms with Crippen molar-refractivity contribution in [2.24, 2.45) is 5.73 Å². The van der Waals surface area contributed by atoms with Gasteiger partial charge in [-0.3, -0.25) is 0 Å². The fourth-order valence-electron chi connectivity index (χ4n) is 2.46. The van der Waals surface area contributed by atoms with Crippen molar-refractivity contribution < 1.29 is 8.78 Å². The van der Waals surface area contributed by atoms with Gasteiger partial charge in [-0.25, -0.2) is 8.78 Å². The van der Waals surface area contributed by atoms with Gasteiger partial charge in [0, 0.05) is 11.6 Å². The van der Waals surface area contributed by atoms with Gasteiger partial charge in [0.25, 0.3) is 0 Å². The number of nitrogens with two attached hydrogens (primary N) is 1. The topological polar surface area (TPSA) is 26.0 Å². The quantitative estimate of drug-likeness (QED) is 0.893. The third-order valence-electron chi connectivity index (χ3n) is 3.40. The molecule has 0 bridgehead atoms. The van der Waals surface area contributed by atoms with E-state index in [0.29, 0.717) is 0 Å². The molecule has 2 aromatic carbocycles. The molecule has 0 aliphatic heterocycles. The third kappa shape index (κ3) is 2.82. The van der Waals surface area contributed by atoms with Crippen LogP contribution in [0, 0.1) is 25.5 Å². The maximum atomic E-state index is 13.6. The Labute approximate surface area is 112 Å². The highest BCUT2D eigenvalue weighted by molar-refractivity contribution is 5.37. The fourth-order valence-corrected chi connectivity index (χ4v) is 2.46. The molecule has 0 fully saturated rings. The van der Waals surface area contributed by atoms with Gasteiger partial charge in [0.2, 0.25) is 0 Å². The summed E-state index contributed by atoms with van der Waals surface area (Å²) in [4.78, 5) is 0. The van der Waals surface area contributed by atoms with Crippen LogP contribution in [-0.2, 0) is 6.42 Å². The van der Waals surface area contributed by atoms with Crippen LogP contribution in [0.1, 0.15) is 28.3 Å². The van der Waals surface area contributed by atoms with Crippen molar-refractivity contribution in [3.05, 3.63) is 70.3 Å². The van der Waals surface area contributed by atoms with Gasteiger partial charge in [-0.1, -0.05) is 24.3 Å². The van der Waals surface area contributed by atoms with E-state index in [9.17, 15) is 8.78 Å². The van der Waals surface area contributed by atoms with E-state index >= 15 is 0 Å². The first-order valence-corrected chi connectivity index (χ1v) is 6.25. The van der Waals surface area contributed by atoms with Crippen LogP contribution in [0.25, 0.3) is 0 Å². The van der Waals surface area contributed by atoms with Gasteiger partial charge >= 0.3 is 0 Å². The summed E-state index contributed by atoms with van der Waals surface area (Å²) in [7, 11) is 0. The maximum absolute atomic E-state index is 13.6.